The van der Waals surface area contributed by atoms with Crippen LogP contribution in [0.25, 0.3) is 0 Å². The summed E-state index contributed by atoms with van der Waals surface area (Å²) in [6.07, 6.45) is 17.9. The van der Waals surface area contributed by atoms with Crippen molar-refractivity contribution in [1.82, 2.24) is 0 Å². The molecule has 0 aliphatic rings. The number of unbranched alkanes of at least 4 members (excludes halogenated alkanes) is 9. The fourth-order valence-corrected chi connectivity index (χ4v) is 6.23. The van der Waals surface area contributed by atoms with E-state index in [2.05, 4.69) is 35.4 Å². The molecule has 0 heterocycles. The van der Waals surface area contributed by atoms with E-state index in [1.165, 1.54) is 57.8 Å². The molecule has 2 unspecified atom stereocenters. The van der Waals surface area contributed by atoms with Gasteiger partial charge < -0.3 is 18.9 Å². The maximum atomic E-state index is 10.7. The molecule has 0 bridgehead atoms. The lowest BCUT2D eigenvalue weighted by Gasteiger charge is -2.28. The van der Waals surface area contributed by atoms with Crippen LogP contribution in [-0.4, -0.2) is 41.0 Å². The molecule has 0 saturated heterocycles. The van der Waals surface area contributed by atoms with Crippen LogP contribution in [0.3, 0.4) is 0 Å². The largest absolute Gasteiger partial charge is 0.494 e. The molecule has 8 heteroatoms. The number of halogens is 1. The third-order valence-corrected chi connectivity index (χ3v) is 8.78. The predicted molar refractivity (Wildman–Crippen MR) is 191 cm³/mol. The van der Waals surface area contributed by atoms with Gasteiger partial charge in [-0.1, -0.05) is 83.3 Å². The molecule has 0 aliphatic carbocycles. The second-order valence-electron chi connectivity index (χ2n) is 12.0. The van der Waals surface area contributed by atoms with Crippen LogP contribution >= 0.6 is 12.4 Å². The molecular formula is C38H60ClN3O4. The minimum Gasteiger partial charge on any atom is -0.494 e. The van der Waals surface area contributed by atoms with Gasteiger partial charge in [-0.25, -0.2) is 0 Å². The zero-order valence-corrected chi connectivity index (χ0v) is 30.3. The molecule has 0 aliphatic heterocycles. The smallest absolute Gasteiger partial charge is 0.203 e. The highest BCUT2D eigenvalue weighted by molar-refractivity contribution is 5.85. The van der Waals surface area contributed by atoms with Crippen LogP contribution in [-0.2, 0) is 11.8 Å². The molecule has 0 radical (unpaired) electrons. The standard InChI is InChI=1S/C38H59N3O4.ClH/c1-7-9-10-11-12-13-14-15-16-17-25-38(30-39,32-20-18-22-34(29-32)45-8-2)26-19-21-33(41-40-3)24-23-31-27-35(42-4)37(44-6)36(28-31)43-5;/h18,20,22,27-29,33H,7-17,19,21,23-26H2,1-6H3;1H. The first kappa shape index (κ1) is 41.0. The monoisotopic (exact) mass is 657 g/mol. The Balaban J connectivity index is 0.0000106. The van der Waals surface area contributed by atoms with E-state index in [-0.39, 0.29) is 18.4 Å². The van der Waals surface area contributed by atoms with Crippen molar-refractivity contribution in [3.05, 3.63) is 47.5 Å². The van der Waals surface area contributed by atoms with Gasteiger partial charge in [0.15, 0.2) is 11.5 Å². The second-order valence-corrected chi connectivity index (χ2v) is 12.0. The molecule has 0 aromatic heterocycles. The van der Waals surface area contributed by atoms with E-state index in [4.69, 9.17) is 18.9 Å². The topological polar surface area (TPSA) is 85.4 Å². The lowest BCUT2D eigenvalue weighted by molar-refractivity contribution is 0.323. The minimum atomic E-state index is -0.544. The normalized spacial score (nSPS) is 13.0. The molecule has 2 aromatic carbocycles. The van der Waals surface area contributed by atoms with E-state index >= 15 is 0 Å². The van der Waals surface area contributed by atoms with Gasteiger partial charge in [-0.15, -0.1) is 12.4 Å². The van der Waals surface area contributed by atoms with Crippen LogP contribution in [0.4, 0.5) is 0 Å². The van der Waals surface area contributed by atoms with Gasteiger partial charge in [-0.05, 0) is 80.8 Å². The summed E-state index contributed by atoms with van der Waals surface area (Å²) in [6, 6.07) is 15.0. The fourth-order valence-electron chi connectivity index (χ4n) is 6.23. The SMILES string of the molecule is CCCCCCCCCCCCC(C#N)(CCCC(CCc1cc(OC)c(OC)c(OC)c1)N=NC)c1cccc(OCC)c1.Cl. The molecule has 2 atom stereocenters. The average molecular weight is 658 g/mol. The summed E-state index contributed by atoms with van der Waals surface area (Å²) in [7, 11) is 6.62. The van der Waals surface area contributed by atoms with Crippen molar-refractivity contribution in [3.63, 3.8) is 0 Å². The Morgan fingerprint density at radius 1 is 0.783 bits per heavy atom. The molecule has 2 rings (SSSR count). The molecule has 0 fully saturated rings. The van der Waals surface area contributed by atoms with Crippen LogP contribution in [0, 0.1) is 11.3 Å². The van der Waals surface area contributed by atoms with Crippen molar-refractivity contribution < 1.29 is 18.9 Å². The molecule has 46 heavy (non-hydrogen) atoms. The quantitative estimate of drug-likeness (QED) is 0.0783. The Morgan fingerprint density at radius 2 is 1.39 bits per heavy atom. The van der Waals surface area contributed by atoms with Crippen LogP contribution in [0.5, 0.6) is 23.0 Å². The van der Waals surface area contributed by atoms with Gasteiger partial charge >= 0.3 is 0 Å². The van der Waals surface area contributed by atoms with Crippen LogP contribution in [0.2, 0.25) is 0 Å². The number of aryl methyl sites for hydroxylation is 1. The van der Waals surface area contributed by atoms with Crippen LogP contribution < -0.4 is 18.9 Å². The molecule has 0 spiro atoms. The number of methoxy groups -OCH3 is 3. The van der Waals surface area contributed by atoms with Crippen molar-refractivity contribution in [1.29, 1.82) is 5.26 Å². The number of rotatable bonds is 25. The van der Waals surface area contributed by atoms with E-state index in [0.29, 0.717) is 23.9 Å². The van der Waals surface area contributed by atoms with Gasteiger partial charge in [-0.3, -0.25) is 0 Å². The number of nitrogens with zero attached hydrogens (tertiary/aromatic N) is 3. The third-order valence-electron chi connectivity index (χ3n) is 8.78. The first-order valence-corrected chi connectivity index (χ1v) is 17.2. The Labute approximate surface area is 285 Å². The van der Waals surface area contributed by atoms with E-state index in [1.807, 2.05) is 31.2 Å². The number of nitriles is 1. The second kappa shape index (κ2) is 24.2. The van der Waals surface area contributed by atoms with Crippen molar-refractivity contribution in [2.75, 3.05) is 35.0 Å². The molecule has 7 nitrogen and oxygen atoms in total. The van der Waals surface area contributed by atoms with E-state index < -0.39 is 5.41 Å². The van der Waals surface area contributed by atoms with Crippen molar-refractivity contribution in [2.24, 2.45) is 10.2 Å². The van der Waals surface area contributed by atoms with Gasteiger partial charge in [0.25, 0.3) is 0 Å². The molecular weight excluding hydrogens is 598 g/mol. The Morgan fingerprint density at radius 3 is 1.93 bits per heavy atom. The van der Waals surface area contributed by atoms with Gasteiger partial charge in [-0.2, -0.15) is 15.5 Å². The van der Waals surface area contributed by atoms with Crippen molar-refractivity contribution in [2.45, 2.75) is 128 Å². The Bertz CT molecular complexity index is 1140. The Hall–Kier alpha value is -2.98. The summed E-state index contributed by atoms with van der Waals surface area (Å²) in [5, 5.41) is 19.4. The summed E-state index contributed by atoms with van der Waals surface area (Å²) in [4.78, 5) is 0. The number of hydrogen-bond donors (Lipinski definition) is 0. The summed E-state index contributed by atoms with van der Waals surface area (Å²) in [5.74, 6) is 2.74. The fraction of sp³-hybridized carbons (Fsp3) is 0.658. The van der Waals surface area contributed by atoms with Gasteiger partial charge in [0.2, 0.25) is 5.75 Å². The summed E-state index contributed by atoms with van der Waals surface area (Å²) >= 11 is 0. The lowest BCUT2D eigenvalue weighted by atomic mass is 9.73. The van der Waals surface area contributed by atoms with Gasteiger partial charge in [0.1, 0.15) is 5.75 Å². The minimum absolute atomic E-state index is 0. The van der Waals surface area contributed by atoms with Crippen molar-refractivity contribution in [3.8, 4) is 29.1 Å². The van der Waals surface area contributed by atoms with Gasteiger partial charge in [0.05, 0.1) is 45.5 Å². The van der Waals surface area contributed by atoms with Crippen LogP contribution in [0.15, 0.2) is 46.6 Å². The average Bonchev–Trinajstić information content (AvgIpc) is 3.06. The zero-order chi connectivity index (χ0) is 32.8. The first-order valence-electron chi connectivity index (χ1n) is 17.2. The highest BCUT2D eigenvalue weighted by Gasteiger charge is 2.32. The molecule has 0 saturated carbocycles. The van der Waals surface area contributed by atoms with E-state index in [0.717, 1.165) is 61.8 Å². The maximum Gasteiger partial charge on any atom is 0.203 e. The van der Waals surface area contributed by atoms with Crippen LogP contribution in [0.1, 0.15) is 121 Å². The molecule has 258 valence electrons. The summed E-state index contributed by atoms with van der Waals surface area (Å²) in [6.45, 7) is 4.87. The zero-order valence-electron chi connectivity index (χ0n) is 29.4. The number of azo groups is 1. The number of benzene rings is 2. The lowest BCUT2D eigenvalue weighted by Crippen LogP contribution is -2.25. The van der Waals surface area contributed by atoms with E-state index in [9.17, 15) is 5.26 Å². The Kier molecular flexibility index (Phi) is 21.6. The molecule has 0 N–H and O–H groups in total. The van der Waals surface area contributed by atoms with Gasteiger partial charge in [0, 0.05) is 7.05 Å². The first-order chi connectivity index (χ1) is 22.0. The highest BCUT2D eigenvalue weighted by atomic mass is 35.5. The number of ether oxygens (including phenoxy) is 4. The third kappa shape index (κ3) is 13.8. The maximum absolute atomic E-state index is 10.7. The van der Waals surface area contributed by atoms with E-state index in [1.54, 1.807) is 28.4 Å². The summed E-state index contributed by atoms with van der Waals surface area (Å²) < 4.78 is 22.4. The summed E-state index contributed by atoms with van der Waals surface area (Å²) in [5.41, 5.74) is 1.62. The molecule has 2 aromatic rings. The number of hydrogen-bond acceptors (Lipinski definition) is 7. The predicted octanol–water partition coefficient (Wildman–Crippen LogP) is 10.9. The van der Waals surface area contributed by atoms with Crippen molar-refractivity contribution >= 4 is 12.4 Å². The molecule has 0 amide bonds. The highest BCUT2D eigenvalue weighted by Crippen LogP contribution is 2.39.